The number of benzene rings is 6. The van der Waals surface area contributed by atoms with Crippen LogP contribution in [0.3, 0.4) is 0 Å². The second-order valence-corrected chi connectivity index (χ2v) is 12.0. The molecule has 0 atom stereocenters. The molecule has 248 valence electrons. The number of nitriles is 2. The largest absolute Gasteiger partial charge is 0.416 e. The number of alkyl halides is 6. The Balaban J connectivity index is 1.59. The minimum atomic E-state index is -4.71. The van der Waals surface area contributed by atoms with Crippen molar-refractivity contribution in [3.63, 3.8) is 0 Å². The van der Waals surface area contributed by atoms with E-state index in [-0.39, 0.29) is 44.7 Å². The third-order valence-electron chi connectivity index (χ3n) is 9.11. The first-order valence-corrected chi connectivity index (χ1v) is 15.4. The summed E-state index contributed by atoms with van der Waals surface area (Å²) in [6, 6.07) is 30.9. The van der Waals surface area contributed by atoms with Crippen molar-refractivity contribution in [3.8, 4) is 34.6 Å². The second-order valence-electron chi connectivity index (χ2n) is 12.0. The van der Waals surface area contributed by atoms with Crippen LogP contribution in [0, 0.1) is 28.5 Å². The minimum Gasteiger partial charge on any atom is -0.307 e. The van der Waals surface area contributed by atoms with Gasteiger partial charge in [-0.25, -0.2) is 4.39 Å². The quantitative estimate of drug-likeness (QED) is 0.174. The molecule has 0 saturated carbocycles. The van der Waals surface area contributed by atoms with E-state index in [0.29, 0.717) is 32.6 Å². The van der Waals surface area contributed by atoms with Crippen LogP contribution < -0.4 is 0 Å². The van der Waals surface area contributed by atoms with Gasteiger partial charge in [-0.2, -0.15) is 36.9 Å². The third-order valence-corrected chi connectivity index (χ3v) is 9.11. The van der Waals surface area contributed by atoms with Gasteiger partial charge in [0.15, 0.2) is 0 Å². The van der Waals surface area contributed by atoms with Crippen LogP contribution in [-0.2, 0) is 12.4 Å². The van der Waals surface area contributed by atoms with E-state index in [2.05, 4.69) is 6.07 Å². The van der Waals surface area contributed by atoms with Crippen molar-refractivity contribution in [3.05, 3.63) is 143 Å². The summed E-state index contributed by atoms with van der Waals surface area (Å²) in [5, 5.41) is 21.9. The second kappa shape index (κ2) is 11.2. The lowest BCUT2D eigenvalue weighted by Gasteiger charge is -2.20. The maximum atomic E-state index is 15.6. The fourth-order valence-electron chi connectivity index (χ4n) is 6.87. The van der Waals surface area contributed by atoms with Gasteiger partial charge in [0.2, 0.25) is 0 Å². The highest BCUT2D eigenvalue weighted by molar-refractivity contribution is 6.12. The Labute approximate surface area is 284 Å². The van der Waals surface area contributed by atoms with Crippen molar-refractivity contribution in [2.45, 2.75) is 12.4 Å². The lowest BCUT2D eigenvalue weighted by atomic mass is 9.96. The first kappa shape index (κ1) is 31.7. The Hall–Kier alpha value is -6.59. The first-order valence-electron chi connectivity index (χ1n) is 15.4. The molecule has 0 spiro atoms. The predicted octanol–water partition coefficient (Wildman–Crippen LogP) is 11.5. The molecule has 8 rings (SSSR count). The third kappa shape index (κ3) is 4.97. The van der Waals surface area contributed by atoms with Crippen molar-refractivity contribution in [1.82, 2.24) is 9.13 Å². The molecular formula is C40H19F7N4. The molecule has 0 saturated heterocycles. The summed E-state index contributed by atoms with van der Waals surface area (Å²) in [7, 11) is 0. The average molecular weight is 689 g/mol. The molecule has 8 aromatic rings. The lowest BCUT2D eigenvalue weighted by molar-refractivity contribution is -0.138. The highest BCUT2D eigenvalue weighted by Crippen LogP contribution is 2.43. The SMILES string of the molecule is N#Cc1ccc(-c2cc(-n3c4ccccc4c4ccc(C(F)(F)F)cc43)c(-n3c4ccccc4c4ccc(C(F)(F)F)cc43)cc2C#N)c(F)c1. The monoisotopic (exact) mass is 688 g/mol. The van der Waals surface area contributed by atoms with E-state index in [1.807, 2.05) is 6.07 Å². The highest BCUT2D eigenvalue weighted by atomic mass is 19.4. The number of hydrogen-bond acceptors (Lipinski definition) is 2. The zero-order valence-electron chi connectivity index (χ0n) is 25.9. The van der Waals surface area contributed by atoms with Gasteiger partial charge in [0, 0.05) is 32.7 Å². The van der Waals surface area contributed by atoms with Crippen LogP contribution in [0.5, 0.6) is 0 Å². The van der Waals surface area contributed by atoms with Crippen molar-refractivity contribution in [2.75, 3.05) is 0 Å². The number of aromatic nitrogens is 2. The number of rotatable bonds is 3. The van der Waals surface area contributed by atoms with Gasteiger partial charge in [0.25, 0.3) is 0 Å². The highest BCUT2D eigenvalue weighted by Gasteiger charge is 2.33. The molecule has 0 aliphatic rings. The van der Waals surface area contributed by atoms with Crippen LogP contribution in [0.2, 0.25) is 0 Å². The summed E-state index contributed by atoms with van der Waals surface area (Å²) < 4.78 is 104. The van der Waals surface area contributed by atoms with Crippen LogP contribution in [-0.4, -0.2) is 9.13 Å². The van der Waals surface area contributed by atoms with Crippen molar-refractivity contribution >= 4 is 43.6 Å². The van der Waals surface area contributed by atoms with E-state index in [0.717, 1.165) is 30.3 Å². The molecule has 11 heteroatoms. The Morgan fingerprint density at radius 3 is 1.43 bits per heavy atom. The molecule has 0 fully saturated rings. The Bertz CT molecular complexity index is 2820. The van der Waals surface area contributed by atoms with Gasteiger partial charge >= 0.3 is 12.4 Å². The summed E-state index contributed by atoms with van der Waals surface area (Å²) in [5.41, 5.74) is -0.385. The molecule has 51 heavy (non-hydrogen) atoms. The fourth-order valence-corrected chi connectivity index (χ4v) is 6.87. The van der Waals surface area contributed by atoms with E-state index in [9.17, 15) is 36.9 Å². The number of nitrogens with zero attached hydrogens (tertiary/aromatic N) is 4. The fraction of sp³-hybridized carbons (Fsp3) is 0.0500. The van der Waals surface area contributed by atoms with Crippen LogP contribution in [0.25, 0.3) is 66.1 Å². The Kier molecular flexibility index (Phi) is 6.97. The Morgan fingerprint density at radius 2 is 0.961 bits per heavy atom. The number of fused-ring (bicyclic) bond motifs is 6. The van der Waals surface area contributed by atoms with Crippen molar-refractivity contribution in [1.29, 1.82) is 10.5 Å². The maximum absolute atomic E-state index is 15.6. The van der Waals surface area contributed by atoms with Gasteiger partial charge in [-0.05, 0) is 60.7 Å². The molecule has 2 heterocycles. The van der Waals surface area contributed by atoms with Crippen LogP contribution >= 0.6 is 0 Å². The van der Waals surface area contributed by atoms with Gasteiger partial charge in [-0.3, -0.25) is 0 Å². The van der Waals surface area contributed by atoms with E-state index < -0.39 is 29.3 Å². The lowest BCUT2D eigenvalue weighted by Crippen LogP contribution is -2.08. The predicted molar refractivity (Wildman–Crippen MR) is 180 cm³/mol. The van der Waals surface area contributed by atoms with Gasteiger partial charge in [-0.1, -0.05) is 54.6 Å². The molecule has 2 aromatic heterocycles. The van der Waals surface area contributed by atoms with Gasteiger partial charge in [0.1, 0.15) is 5.82 Å². The molecular weight excluding hydrogens is 669 g/mol. The van der Waals surface area contributed by atoms with Crippen LogP contribution in [0.4, 0.5) is 30.7 Å². The number of hydrogen-bond donors (Lipinski definition) is 0. The van der Waals surface area contributed by atoms with Gasteiger partial charge in [0.05, 0.1) is 67.8 Å². The minimum absolute atomic E-state index is 0.0272. The molecule has 0 aliphatic carbocycles. The smallest absolute Gasteiger partial charge is 0.307 e. The maximum Gasteiger partial charge on any atom is 0.416 e. The summed E-state index contributed by atoms with van der Waals surface area (Å²) >= 11 is 0. The average Bonchev–Trinajstić information content (AvgIpc) is 3.62. The van der Waals surface area contributed by atoms with Crippen molar-refractivity contribution in [2.24, 2.45) is 0 Å². The van der Waals surface area contributed by atoms with Gasteiger partial charge < -0.3 is 9.13 Å². The molecule has 0 amide bonds. The molecule has 4 nitrogen and oxygen atoms in total. The molecule has 0 unspecified atom stereocenters. The summed E-state index contributed by atoms with van der Waals surface area (Å²) in [6.07, 6.45) is -9.41. The molecule has 0 N–H and O–H groups in total. The van der Waals surface area contributed by atoms with Gasteiger partial charge in [-0.15, -0.1) is 0 Å². The van der Waals surface area contributed by atoms with E-state index >= 15 is 4.39 Å². The standard InChI is InChI=1S/C40H19F7N4/c41-32-15-22(20-48)9-12-26(32)31-19-38(51-34-8-4-2-6-28(34)30-14-11-25(18-36(30)51)40(45,46)47)37(16-23(31)21-49)50-33-7-3-1-5-27(33)29-13-10-24(17-35(29)50)39(42,43)44/h1-19H. The molecule has 0 radical (unpaired) electrons. The molecule has 6 aromatic carbocycles. The van der Waals surface area contributed by atoms with E-state index in [1.165, 1.54) is 36.4 Å². The zero-order chi connectivity index (χ0) is 35.8. The van der Waals surface area contributed by atoms with E-state index in [4.69, 9.17) is 0 Å². The van der Waals surface area contributed by atoms with E-state index in [1.54, 1.807) is 57.7 Å². The number of para-hydroxylation sites is 2. The van der Waals surface area contributed by atoms with Crippen LogP contribution in [0.1, 0.15) is 22.3 Å². The molecule has 0 bridgehead atoms. The summed E-state index contributed by atoms with van der Waals surface area (Å²) in [4.78, 5) is 0. The normalized spacial score (nSPS) is 12.2. The summed E-state index contributed by atoms with van der Waals surface area (Å²) in [5.74, 6) is -0.822. The zero-order valence-corrected chi connectivity index (χ0v) is 25.9. The van der Waals surface area contributed by atoms with Crippen LogP contribution in [0.15, 0.2) is 115 Å². The Morgan fingerprint density at radius 1 is 0.471 bits per heavy atom. The molecule has 0 aliphatic heterocycles. The first-order chi connectivity index (χ1) is 24.4. The topological polar surface area (TPSA) is 57.4 Å². The summed E-state index contributed by atoms with van der Waals surface area (Å²) in [6.45, 7) is 0. The number of halogens is 7. The van der Waals surface area contributed by atoms with Crippen molar-refractivity contribution < 1.29 is 30.7 Å².